The van der Waals surface area contributed by atoms with Gasteiger partial charge in [-0.2, -0.15) is 0 Å². The van der Waals surface area contributed by atoms with Crippen LogP contribution in [0.2, 0.25) is 0 Å². The van der Waals surface area contributed by atoms with Crippen LogP contribution in [0.25, 0.3) is 0 Å². The van der Waals surface area contributed by atoms with E-state index in [1.807, 2.05) is 51.2 Å². The minimum atomic E-state index is 0.118. The molecule has 80 valence electrons. The van der Waals surface area contributed by atoms with Gasteiger partial charge in [-0.15, -0.1) is 0 Å². The molecule has 2 heteroatoms. The lowest BCUT2D eigenvalue weighted by Crippen LogP contribution is -2.30. The molecule has 0 aliphatic heterocycles. The van der Waals surface area contributed by atoms with E-state index in [4.69, 9.17) is 4.74 Å². The van der Waals surface area contributed by atoms with E-state index in [-0.39, 0.29) is 6.23 Å². The lowest BCUT2D eigenvalue weighted by Gasteiger charge is -2.15. The number of ether oxygens (including phenoxy) is 1. The molecule has 0 bridgehead atoms. The first-order valence-electron chi connectivity index (χ1n) is 5.25. The molecular weight excluding hydrogens is 174 g/mol. The van der Waals surface area contributed by atoms with Gasteiger partial charge in [-0.05, 0) is 25.6 Å². The van der Waals surface area contributed by atoms with Crippen molar-refractivity contribution in [3.8, 4) is 5.75 Å². The predicted octanol–water partition coefficient (Wildman–Crippen LogP) is 3.05. The summed E-state index contributed by atoms with van der Waals surface area (Å²) in [4.78, 5) is 0. The topological polar surface area (TPSA) is 21.3 Å². The van der Waals surface area contributed by atoms with Gasteiger partial charge in [0.15, 0.2) is 0 Å². The van der Waals surface area contributed by atoms with Gasteiger partial charge in [0, 0.05) is 0 Å². The van der Waals surface area contributed by atoms with Gasteiger partial charge in [-0.25, -0.2) is 0 Å². The molecule has 14 heavy (non-hydrogen) atoms. The first kappa shape index (κ1) is 13.0. The Hall–Kier alpha value is -1.02. The van der Waals surface area contributed by atoms with Crippen molar-refractivity contribution in [2.75, 3.05) is 7.05 Å². The van der Waals surface area contributed by atoms with Crippen molar-refractivity contribution >= 4 is 0 Å². The Morgan fingerprint density at radius 1 is 1.21 bits per heavy atom. The molecule has 0 saturated carbocycles. The van der Waals surface area contributed by atoms with E-state index in [2.05, 4.69) is 12.2 Å². The zero-order valence-corrected chi connectivity index (χ0v) is 9.58. The average Bonchev–Trinajstić information content (AvgIpc) is 2.30. The lowest BCUT2D eigenvalue weighted by molar-refractivity contribution is 0.169. The summed E-state index contributed by atoms with van der Waals surface area (Å²) >= 11 is 0. The number of para-hydroxylation sites is 1. The fraction of sp³-hybridized carbons (Fsp3) is 0.500. The smallest absolute Gasteiger partial charge is 0.149 e. The fourth-order valence-corrected chi connectivity index (χ4v) is 1.01. The standard InChI is InChI=1S/C10H15NO.C2H6/c1-3-10(11-2)12-9-7-5-4-6-8-9;1-2/h4-8,10-11H,3H2,1-2H3;1-2H3. The van der Waals surface area contributed by atoms with Crippen LogP contribution in [0.5, 0.6) is 5.75 Å². The molecule has 1 aromatic rings. The highest BCUT2D eigenvalue weighted by Crippen LogP contribution is 2.10. The van der Waals surface area contributed by atoms with Crippen LogP contribution in [0.4, 0.5) is 0 Å². The minimum Gasteiger partial charge on any atom is -0.475 e. The molecule has 1 aromatic carbocycles. The molecule has 1 atom stereocenters. The van der Waals surface area contributed by atoms with E-state index in [9.17, 15) is 0 Å². The fourth-order valence-electron chi connectivity index (χ4n) is 1.01. The van der Waals surface area contributed by atoms with Gasteiger partial charge >= 0.3 is 0 Å². The van der Waals surface area contributed by atoms with Crippen molar-refractivity contribution in [3.05, 3.63) is 30.3 Å². The van der Waals surface area contributed by atoms with E-state index in [0.29, 0.717) is 0 Å². The summed E-state index contributed by atoms with van der Waals surface area (Å²) < 4.78 is 5.60. The Morgan fingerprint density at radius 2 is 1.79 bits per heavy atom. The summed E-state index contributed by atoms with van der Waals surface area (Å²) in [5.74, 6) is 0.915. The Bertz CT molecular complexity index is 207. The van der Waals surface area contributed by atoms with Crippen molar-refractivity contribution in [2.45, 2.75) is 33.4 Å². The maximum absolute atomic E-state index is 5.60. The Balaban J connectivity index is 0.000000791. The second kappa shape index (κ2) is 8.57. The Kier molecular flexibility index (Phi) is 7.95. The van der Waals surface area contributed by atoms with Gasteiger partial charge in [0.2, 0.25) is 0 Å². The first-order chi connectivity index (χ1) is 6.86. The Labute approximate surface area is 87.3 Å². The zero-order valence-electron chi connectivity index (χ0n) is 9.58. The van der Waals surface area contributed by atoms with Crippen LogP contribution in [-0.2, 0) is 0 Å². The quantitative estimate of drug-likeness (QED) is 0.746. The van der Waals surface area contributed by atoms with Gasteiger partial charge in [0.25, 0.3) is 0 Å². The second-order valence-corrected chi connectivity index (χ2v) is 2.62. The van der Waals surface area contributed by atoms with E-state index in [0.717, 1.165) is 12.2 Å². The summed E-state index contributed by atoms with van der Waals surface area (Å²) in [5.41, 5.74) is 0. The molecule has 0 spiro atoms. The van der Waals surface area contributed by atoms with Crippen LogP contribution in [0.15, 0.2) is 30.3 Å². The molecular formula is C12H21NO. The second-order valence-electron chi connectivity index (χ2n) is 2.62. The molecule has 1 rings (SSSR count). The number of benzene rings is 1. The lowest BCUT2D eigenvalue weighted by atomic mass is 10.3. The number of rotatable bonds is 4. The molecule has 0 heterocycles. The van der Waals surface area contributed by atoms with Crippen LogP contribution in [0, 0.1) is 0 Å². The van der Waals surface area contributed by atoms with Crippen LogP contribution >= 0.6 is 0 Å². The third-order valence-corrected chi connectivity index (χ3v) is 1.71. The van der Waals surface area contributed by atoms with Gasteiger partial charge < -0.3 is 4.74 Å². The van der Waals surface area contributed by atoms with Crippen LogP contribution in [0.3, 0.4) is 0 Å². The van der Waals surface area contributed by atoms with Gasteiger partial charge in [0.1, 0.15) is 12.0 Å². The highest BCUT2D eigenvalue weighted by Gasteiger charge is 2.02. The molecule has 0 aliphatic carbocycles. The molecule has 1 unspecified atom stereocenters. The van der Waals surface area contributed by atoms with Crippen LogP contribution in [-0.4, -0.2) is 13.3 Å². The van der Waals surface area contributed by atoms with Crippen molar-refractivity contribution < 1.29 is 4.74 Å². The van der Waals surface area contributed by atoms with E-state index in [1.165, 1.54) is 0 Å². The summed E-state index contributed by atoms with van der Waals surface area (Å²) in [6, 6.07) is 9.84. The van der Waals surface area contributed by atoms with Crippen molar-refractivity contribution in [1.29, 1.82) is 0 Å². The predicted molar refractivity (Wildman–Crippen MR) is 61.6 cm³/mol. The molecule has 0 fully saturated rings. The Morgan fingerprint density at radius 3 is 2.21 bits per heavy atom. The molecule has 0 radical (unpaired) electrons. The van der Waals surface area contributed by atoms with E-state index < -0.39 is 0 Å². The maximum Gasteiger partial charge on any atom is 0.149 e. The van der Waals surface area contributed by atoms with Crippen LogP contribution < -0.4 is 10.1 Å². The van der Waals surface area contributed by atoms with Crippen molar-refractivity contribution in [2.24, 2.45) is 0 Å². The monoisotopic (exact) mass is 195 g/mol. The normalized spacial score (nSPS) is 11.1. The van der Waals surface area contributed by atoms with Gasteiger partial charge in [-0.1, -0.05) is 39.0 Å². The summed E-state index contributed by atoms with van der Waals surface area (Å²) in [7, 11) is 1.90. The largest absolute Gasteiger partial charge is 0.475 e. The molecule has 0 aliphatic rings. The summed E-state index contributed by atoms with van der Waals surface area (Å²) in [6.07, 6.45) is 1.08. The van der Waals surface area contributed by atoms with E-state index >= 15 is 0 Å². The SMILES string of the molecule is CC.CCC(NC)Oc1ccccc1. The average molecular weight is 195 g/mol. The molecule has 2 nitrogen and oxygen atoms in total. The number of hydrogen-bond acceptors (Lipinski definition) is 2. The van der Waals surface area contributed by atoms with E-state index in [1.54, 1.807) is 0 Å². The number of hydrogen-bond donors (Lipinski definition) is 1. The highest BCUT2D eigenvalue weighted by molar-refractivity contribution is 5.21. The highest BCUT2D eigenvalue weighted by atomic mass is 16.5. The van der Waals surface area contributed by atoms with Gasteiger partial charge in [-0.3, -0.25) is 5.32 Å². The molecule has 0 amide bonds. The summed E-state index contributed by atoms with van der Waals surface area (Å²) in [6.45, 7) is 6.09. The first-order valence-corrected chi connectivity index (χ1v) is 5.25. The molecule has 1 N–H and O–H groups in total. The third-order valence-electron chi connectivity index (χ3n) is 1.71. The molecule has 0 saturated heterocycles. The maximum atomic E-state index is 5.60. The van der Waals surface area contributed by atoms with Crippen LogP contribution in [0.1, 0.15) is 27.2 Å². The minimum absolute atomic E-state index is 0.118. The van der Waals surface area contributed by atoms with Crippen molar-refractivity contribution in [3.63, 3.8) is 0 Å². The zero-order chi connectivity index (χ0) is 10.8. The number of nitrogens with one attached hydrogen (secondary N) is 1. The molecule has 0 aromatic heterocycles. The van der Waals surface area contributed by atoms with Gasteiger partial charge in [0.05, 0.1) is 0 Å². The van der Waals surface area contributed by atoms with Crippen molar-refractivity contribution in [1.82, 2.24) is 5.32 Å². The summed E-state index contributed by atoms with van der Waals surface area (Å²) in [5, 5.41) is 3.08. The third kappa shape index (κ3) is 4.87.